The fraction of sp³-hybridized carbons (Fsp3) is 0.200. The Kier molecular flexibility index (Phi) is 4.75. The van der Waals surface area contributed by atoms with Crippen LogP contribution in [0.25, 0.3) is 10.9 Å². The number of carbonyl (C=O) groups excluding carboxylic acids is 1. The van der Waals surface area contributed by atoms with Crippen LogP contribution in [0.2, 0.25) is 0 Å². The molecule has 24 heavy (non-hydrogen) atoms. The second-order valence-corrected chi connectivity index (χ2v) is 6.21. The van der Waals surface area contributed by atoms with Crippen LogP contribution in [0.5, 0.6) is 0 Å². The van der Waals surface area contributed by atoms with Crippen molar-refractivity contribution in [3.8, 4) is 0 Å². The second kappa shape index (κ2) is 7.13. The third-order valence-electron chi connectivity index (χ3n) is 3.83. The van der Waals surface area contributed by atoms with E-state index in [1.54, 1.807) is 6.20 Å². The normalized spacial score (nSPS) is 11.9. The van der Waals surface area contributed by atoms with Crippen molar-refractivity contribution in [2.75, 3.05) is 0 Å². The first-order valence-electron chi connectivity index (χ1n) is 8.13. The van der Waals surface area contributed by atoms with Crippen LogP contribution < -0.4 is 5.43 Å². The highest BCUT2D eigenvalue weighted by molar-refractivity contribution is 6.07. The first-order chi connectivity index (χ1) is 11.6. The molecule has 0 aliphatic heterocycles. The Bertz CT molecular complexity index is 863. The topological polar surface area (TPSA) is 57.2 Å². The van der Waals surface area contributed by atoms with Crippen molar-refractivity contribution >= 4 is 22.5 Å². The number of aromatic nitrogens is 1. The summed E-state index contributed by atoms with van der Waals surface area (Å²) >= 11 is 0. The average molecular weight is 319 g/mol. The number of para-hydroxylation sites is 1. The number of hydrogen-bond acceptors (Lipinski definition) is 2. The quantitative estimate of drug-likeness (QED) is 0.533. The van der Waals surface area contributed by atoms with Gasteiger partial charge in [0.1, 0.15) is 0 Å². The summed E-state index contributed by atoms with van der Waals surface area (Å²) in [7, 11) is 0. The SMILES string of the molecule is CC(C)CC(=NNC(=O)c1c[nH]c2ccccc12)c1ccccc1. The van der Waals surface area contributed by atoms with Gasteiger partial charge < -0.3 is 4.98 Å². The molecule has 1 aromatic heterocycles. The smallest absolute Gasteiger partial charge is 0.273 e. The molecule has 0 aliphatic carbocycles. The van der Waals surface area contributed by atoms with Gasteiger partial charge in [0.15, 0.2) is 0 Å². The van der Waals surface area contributed by atoms with E-state index in [0.29, 0.717) is 11.5 Å². The van der Waals surface area contributed by atoms with Crippen LogP contribution in [-0.2, 0) is 0 Å². The van der Waals surface area contributed by atoms with Gasteiger partial charge in [-0.2, -0.15) is 5.10 Å². The van der Waals surface area contributed by atoms with E-state index in [9.17, 15) is 4.79 Å². The van der Waals surface area contributed by atoms with Gasteiger partial charge in [0, 0.05) is 17.1 Å². The minimum atomic E-state index is -0.204. The van der Waals surface area contributed by atoms with Crippen LogP contribution in [0.15, 0.2) is 65.9 Å². The Balaban J connectivity index is 1.84. The van der Waals surface area contributed by atoms with Crippen LogP contribution in [-0.4, -0.2) is 16.6 Å². The first kappa shape index (κ1) is 16.0. The largest absolute Gasteiger partial charge is 0.360 e. The standard InChI is InChI=1S/C20H21N3O/c1-14(2)12-19(15-8-4-3-5-9-15)22-23-20(24)17-13-21-18-11-7-6-10-16(17)18/h3-11,13-14,21H,12H2,1-2H3,(H,23,24). The molecule has 0 spiro atoms. The molecule has 122 valence electrons. The van der Waals surface area contributed by atoms with Gasteiger partial charge in [0.25, 0.3) is 5.91 Å². The molecule has 4 heteroatoms. The number of carbonyl (C=O) groups is 1. The van der Waals surface area contributed by atoms with Crippen molar-refractivity contribution in [3.05, 3.63) is 71.9 Å². The number of hydrazone groups is 1. The molecule has 0 atom stereocenters. The molecule has 2 N–H and O–H groups in total. The Hall–Kier alpha value is -2.88. The monoisotopic (exact) mass is 319 g/mol. The van der Waals surface area contributed by atoms with Crippen LogP contribution in [0.4, 0.5) is 0 Å². The summed E-state index contributed by atoms with van der Waals surface area (Å²) < 4.78 is 0. The number of amides is 1. The molecular weight excluding hydrogens is 298 g/mol. The van der Waals surface area contributed by atoms with Crippen molar-refractivity contribution in [1.82, 2.24) is 10.4 Å². The van der Waals surface area contributed by atoms with Gasteiger partial charge in [-0.1, -0.05) is 62.4 Å². The Morgan fingerprint density at radius 3 is 2.54 bits per heavy atom. The van der Waals surface area contributed by atoms with Gasteiger partial charge in [0.2, 0.25) is 0 Å². The highest BCUT2D eigenvalue weighted by atomic mass is 16.2. The zero-order valence-corrected chi connectivity index (χ0v) is 13.9. The molecule has 0 saturated heterocycles. The Morgan fingerprint density at radius 2 is 1.79 bits per heavy atom. The number of fused-ring (bicyclic) bond motifs is 1. The lowest BCUT2D eigenvalue weighted by atomic mass is 10.0. The maximum absolute atomic E-state index is 12.5. The molecule has 0 unspecified atom stereocenters. The number of aromatic amines is 1. The van der Waals surface area contributed by atoms with Crippen LogP contribution in [0.3, 0.4) is 0 Å². The Labute approximate surface area is 141 Å². The molecule has 3 aromatic rings. The van der Waals surface area contributed by atoms with E-state index in [4.69, 9.17) is 0 Å². The molecule has 0 bridgehead atoms. The van der Waals surface area contributed by atoms with Crippen LogP contribution in [0.1, 0.15) is 36.2 Å². The minimum Gasteiger partial charge on any atom is -0.360 e. The van der Waals surface area contributed by atoms with Gasteiger partial charge in [-0.15, -0.1) is 0 Å². The lowest BCUT2D eigenvalue weighted by Crippen LogP contribution is -2.20. The number of nitrogens with zero attached hydrogens (tertiary/aromatic N) is 1. The summed E-state index contributed by atoms with van der Waals surface area (Å²) in [6.45, 7) is 4.28. The number of nitrogens with one attached hydrogen (secondary N) is 2. The summed E-state index contributed by atoms with van der Waals surface area (Å²) in [5.74, 6) is 0.249. The molecule has 1 heterocycles. The van der Waals surface area contributed by atoms with E-state index in [0.717, 1.165) is 28.6 Å². The van der Waals surface area contributed by atoms with Crippen LogP contribution >= 0.6 is 0 Å². The van der Waals surface area contributed by atoms with Crippen LogP contribution in [0, 0.1) is 5.92 Å². The summed E-state index contributed by atoms with van der Waals surface area (Å²) in [6.07, 6.45) is 2.53. The zero-order valence-electron chi connectivity index (χ0n) is 13.9. The van der Waals surface area contributed by atoms with E-state index < -0.39 is 0 Å². The fourth-order valence-corrected chi connectivity index (χ4v) is 2.68. The van der Waals surface area contributed by atoms with Gasteiger partial charge >= 0.3 is 0 Å². The summed E-state index contributed by atoms with van der Waals surface area (Å²) in [5.41, 5.74) is 6.18. The van der Waals surface area contributed by atoms with Gasteiger partial charge in [-0.25, -0.2) is 5.43 Å². The number of hydrogen-bond donors (Lipinski definition) is 2. The molecule has 0 fully saturated rings. The lowest BCUT2D eigenvalue weighted by molar-refractivity contribution is 0.0956. The van der Waals surface area contributed by atoms with Crippen molar-refractivity contribution in [2.45, 2.75) is 20.3 Å². The fourth-order valence-electron chi connectivity index (χ4n) is 2.68. The third kappa shape index (κ3) is 3.54. The summed E-state index contributed by atoms with van der Waals surface area (Å²) in [4.78, 5) is 15.6. The predicted octanol–water partition coefficient (Wildman–Crippen LogP) is 4.35. The van der Waals surface area contributed by atoms with E-state index >= 15 is 0 Å². The van der Waals surface area contributed by atoms with E-state index in [2.05, 4.69) is 29.4 Å². The van der Waals surface area contributed by atoms with Crippen molar-refractivity contribution in [1.29, 1.82) is 0 Å². The third-order valence-corrected chi connectivity index (χ3v) is 3.83. The number of benzene rings is 2. The maximum atomic E-state index is 12.5. The molecule has 4 nitrogen and oxygen atoms in total. The molecule has 0 aliphatic rings. The average Bonchev–Trinajstić information content (AvgIpc) is 3.03. The number of H-pyrrole nitrogens is 1. The molecule has 0 radical (unpaired) electrons. The van der Waals surface area contributed by atoms with E-state index in [1.165, 1.54) is 0 Å². The second-order valence-electron chi connectivity index (χ2n) is 6.21. The van der Waals surface area contributed by atoms with Gasteiger partial charge in [-0.3, -0.25) is 4.79 Å². The van der Waals surface area contributed by atoms with E-state index in [-0.39, 0.29) is 5.91 Å². The molecule has 2 aromatic carbocycles. The molecule has 0 saturated carbocycles. The summed E-state index contributed by atoms with van der Waals surface area (Å²) in [5, 5.41) is 5.30. The highest BCUT2D eigenvalue weighted by Gasteiger charge is 2.12. The Morgan fingerprint density at radius 1 is 1.08 bits per heavy atom. The molecule has 3 rings (SSSR count). The number of rotatable bonds is 5. The van der Waals surface area contributed by atoms with Crippen molar-refractivity contribution in [3.63, 3.8) is 0 Å². The predicted molar refractivity (Wildman–Crippen MR) is 98.2 cm³/mol. The van der Waals surface area contributed by atoms with Crippen molar-refractivity contribution in [2.24, 2.45) is 11.0 Å². The van der Waals surface area contributed by atoms with Gasteiger partial charge in [0.05, 0.1) is 11.3 Å². The minimum absolute atomic E-state index is 0.204. The highest BCUT2D eigenvalue weighted by Crippen LogP contribution is 2.17. The van der Waals surface area contributed by atoms with E-state index in [1.807, 2.05) is 54.6 Å². The lowest BCUT2D eigenvalue weighted by Gasteiger charge is -2.09. The maximum Gasteiger partial charge on any atom is 0.273 e. The molecule has 1 amide bonds. The van der Waals surface area contributed by atoms with Crippen molar-refractivity contribution < 1.29 is 4.79 Å². The van der Waals surface area contributed by atoms with Gasteiger partial charge in [-0.05, 0) is 24.0 Å². The molecular formula is C20H21N3O. The first-order valence-corrected chi connectivity index (χ1v) is 8.13. The zero-order chi connectivity index (χ0) is 16.9. The summed E-state index contributed by atoms with van der Waals surface area (Å²) in [6, 6.07) is 17.7.